The van der Waals surface area contributed by atoms with Crippen molar-refractivity contribution in [3.8, 4) is 0 Å². The zero-order chi connectivity index (χ0) is 15.4. The van der Waals surface area contributed by atoms with Gasteiger partial charge in [-0.25, -0.2) is 9.69 Å². The van der Waals surface area contributed by atoms with Gasteiger partial charge in [0.05, 0.1) is 42.4 Å². The normalized spacial score (nSPS) is 31.8. The van der Waals surface area contributed by atoms with Gasteiger partial charge in [0.25, 0.3) is 0 Å². The highest BCUT2D eigenvalue weighted by Crippen LogP contribution is 2.46. The van der Waals surface area contributed by atoms with Crippen LogP contribution in [0.3, 0.4) is 0 Å². The van der Waals surface area contributed by atoms with Crippen LogP contribution in [-0.4, -0.2) is 37.1 Å². The van der Waals surface area contributed by atoms with Crippen LogP contribution in [0.2, 0.25) is 0 Å². The number of hydrogen-bond acceptors (Lipinski definition) is 5. The molecule has 6 nitrogen and oxygen atoms in total. The Balaban J connectivity index is 1.71. The highest BCUT2D eigenvalue weighted by molar-refractivity contribution is 6.23. The second-order valence-electron chi connectivity index (χ2n) is 5.56. The first kappa shape index (κ1) is 13.2. The van der Waals surface area contributed by atoms with Gasteiger partial charge in [0, 0.05) is 0 Å². The third-order valence-corrected chi connectivity index (χ3v) is 4.44. The molecule has 112 valence electrons. The molecule has 4 atom stereocenters. The molecule has 6 heteroatoms. The minimum absolute atomic E-state index is 0.270. The number of rotatable bonds is 2. The number of ether oxygens (including phenoxy) is 2. The van der Waals surface area contributed by atoms with Gasteiger partial charge in [-0.05, 0) is 18.2 Å². The van der Waals surface area contributed by atoms with Gasteiger partial charge in [-0.15, -0.1) is 0 Å². The summed E-state index contributed by atoms with van der Waals surface area (Å²) in [6.45, 7) is 0. The number of amides is 2. The summed E-state index contributed by atoms with van der Waals surface area (Å²) in [7, 11) is 1.28. The van der Waals surface area contributed by atoms with Crippen LogP contribution in [-0.2, 0) is 19.1 Å². The SMILES string of the molecule is COC(=O)c1cccc(N2C(=O)[C@H]3[C@H](C2=O)[C@H]2C=C[C@H]3O2)c1. The molecule has 2 saturated heterocycles. The summed E-state index contributed by atoms with van der Waals surface area (Å²) < 4.78 is 10.3. The quantitative estimate of drug-likeness (QED) is 0.461. The van der Waals surface area contributed by atoms with Crippen LogP contribution >= 0.6 is 0 Å². The third-order valence-electron chi connectivity index (χ3n) is 4.44. The van der Waals surface area contributed by atoms with Gasteiger partial charge in [0.1, 0.15) is 0 Å². The first-order valence-electron chi connectivity index (χ1n) is 7.02. The minimum Gasteiger partial charge on any atom is -0.465 e. The van der Waals surface area contributed by atoms with Crippen LogP contribution in [0.25, 0.3) is 0 Å². The standard InChI is InChI=1S/C16H13NO5/c1-21-16(20)8-3-2-4-9(7-8)17-14(18)12-10-5-6-11(22-10)13(12)15(17)19/h2-7,10-13H,1H3/t10-,11-,12-,13-/m1/s1. The molecule has 0 N–H and O–H groups in total. The van der Waals surface area contributed by atoms with Crippen molar-refractivity contribution in [2.24, 2.45) is 11.8 Å². The van der Waals surface area contributed by atoms with Crippen LogP contribution in [0.4, 0.5) is 5.69 Å². The van der Waals surface area contributed by atoms with Crippen molar-refractivity contribution >= 4 is 23.5 Å². The first-order chi connectivity index (χ1) is 10.6. The molecular formula is C16H13NO5. The Morgan fingerprint density at radius 1 is 1.14 bits per heavy atom. The lowest BCUT2D eigenvalue weighted by molar-refractivity contribution is -0.124. The molecule has 0 unspecified atom stereocenters. The average Bonchev–Trinajstić information content (AvgIpc) is 3.21. The Hall–Kier alpha value is -2.47. The molecule has 0 aromatic heterocycles. The van der Waals surface area contributed by atoms with Gasteiger partial charge in [-0.2, -0.15) is 0 Å². The second-order valence-corrected chi connectivity index (χ2v) is 5.56. The molecule has 0 spiro atoms. The molecule has 3 aliphatic rings. The summed E-state index contributed by atoms with van der Waals surface area (Å²) in [4.78, 5) is 38.0. The predicted octanol–water partition coefficient (Wildman–Crippen LogP) is 0.916. The maximum Gasteiger partial charge on any atom is 0.337 e. The fourth-order valence-corrected chi connectivity index (χ4v) is 3.45. The number of carbonyl (C=O) groups excluding carboxylic acids is 3. The second kappa shape index (κ2) is 4.51. The average molecular weight is 299 g/mol. The van der Waals surface area contributed by atoms with E-state index in [4.69, 9.17) is 4.74 Å². The molecule has 2 amide bonds. The summed E-state index contributed by atoms with van der Waals surface area (Å²) in [6, 6.07) is 6.34. The topological polar surface area (TPSA) is 72.9 Å². The molecule has 2 fully saturated rings. The van der Waals surface area contributed by atoms with Crippen LogP contribution in [0.1, 0.15) is 10.4 Å². The number of nitrogens with zero attached hydrogens (tertiary/aromatic N) is 1. The fourth-order valence-electron chi connectivity index (χ4n) is 3.45. The summed E-state index contributed by atoms with van der Waals surface area (Å²) in [5.74, 6) is -1.96. The zero-order valence-electron chi connectivity index (χ0n) is 11.8. The van der Waals surface area contributed by atoms with Crippen molar-refractivity contribution in [2.75, 3.05) is 12.0 Å². The van der Waals surface area contributed by atoms with Crippen LogP contribution < -0.4 is 4.90 Å². The van der Waals surface area contributed by atoms with Crippen molar-refractivity contribution in [1.29, 1.82) is 0 Å². The van der Waals surface area contributed by atoms with Crippen molar-refractivity contribution in [3.63, 3.8) is 0 Å². The number of benzene rings is 1. The molecule has 4 rings (SSSR count). The number of methoxy groups -OCH3 is 1. The Labute approximate surface area is 126 Å². The predicted molar refractivity (Wildman–Crippen MR) is 75.1 cm³/mol. The fraction of sp³-hybridized carbons (Fsp3) is 0.312. The lowest BCUT2D eigenvalue weighted by Crippen LogP contribution is -2.34. The molecule has 2 bridgehead atoms. The van der Waals surface area contributed by atoms with Crippen molar-refractivity contribution in [3.05, 3.63) is 42.0 Å². The van der Waals surface area contributed by atoms with Gasteiger partial charge >= 0.3 is 5.97 Å². The van der Waals surface area contributed by atoms with E-state index in [0.717, 1.165) is 4.90 Å². The highest BCUT2D eigenvalue weighted by atomic mass is 16.5. The summed E-state index contributed by atoms with van der Waals surface area (Å²) in [5, 5.41) is 0. The van der Waals surface area contributed by atoms with E-state index in [1.807, 2.05) is 12.2 Å². The Morgan fingerprint density at radius 3 is 2.36 bits per heavy atom. The van der Waals surface area contributed by atoms with Crippen molar-refractivity contribution in [2.45, 2.75) is 12.2 Å². The molecule has 22 heavy (non-hydrogen) atoms. The number of imide groups is 1. The maximum absolute atomic E-state index is 12.6. The van der Waals surface area contributed by atoms with Crippen molar-refractivity contribution in [1.82, 2.24) is 0 Å². The van der Waals surface area contributed by atoms with E-state index in [0.29, 0.717) is 11.3 Å². The molecule has 1 aromatic carbocycles. The molecule has 3 aliphatic heterocycles. The third kappa shape index (κ3) is 1.61. The van der Waals surface area contributed by atoms with Gasteiger partial charge in [-0.1, -0.05) is 18.2 Å². The van der Waals surface area contributed by atoms with Crippen LogP contribution in [0, 0.1) is 11.8 Å². The Morgan fingerprint density at radius 2 is 1.77 bits per heavy atom. The number of anilines is 1. The lowest BCUT2D eigenvalue weighted by Gasteiger charge is -2.18. The molecular weight excluding hydrogens is 286 g/mol. The van der Waals surface area contributed by atoms with E-state index in [1.165, 1.54) is 13.2 Å². The van der Waals surface area contributed by atoms with Gasteiger partial charge in [0.2, 0.25) is 11.8 Å². The molecule has 1 aromatic rings. The minimum atomic E-state index is -0.508. The Bertz CT molecular complexity index is 695. The van der Waals surface area contributed by atoms with E-state index in [1.54, 1.807) is 18.2 Å². The van der Waals surface area contributed by atoms with Crippen LogP contribution in [0.5, 0.6) is 0 Å². The summed E-state index contributed by atoms with van der Waals surface area (Å²) in [5.41, 5.74) is 0.696. The largest absolute Gasteiger partial charge is 0.465 e. The number of carbonyl (C=O) groups is 3. The zero-order valence-corrected chi connectivity index (χ0v) is 11.8. The molecule has 3 heterocycles. The Kier molecular flexibility index (Phi) is 2.71. The van der Waals surface area contributed by atoms with Crippen LogP contribution in [0.15, 0.2) is 36.4 Å². The summed E-state index contributed by atoms with van der Waals surface area (Å²) in [6.07, 6.45) is 3.04. The highest BCUT2D eigenvalue weighted by Gasteiger charge is 2.61. The van der Waals surface area contributed by atoms with E-state index in [2.05, 4.69) is 4.74 Å². The lowest BCUT2D eigenvalue weighted by atomic mass is 9.85. The van der Waals surface area contributed by atoms with E-state index in [9.17, 15) is 14.4 Å². The van der Waals surface area contributed by atoms with Gasteiger partial charge in [0.15, 0.2) is 0 Å². The summed E-state index contributed by atoms with van der Waals surface area (Å²) >= 11 is 0. The number of esters is 1. The van der Waals surface area contributed by atoms with E-state index >= 15 is 0 Å². The van der Waals surface area contributed by atoms with Crippen molar-refractivity contribution < 1.29 is 23.9 Å². The van der Waals surface area contributed by atoms with E-state index in [-0.39, 0.29) is 24.0 Å². The monoisotopic (exact) mass is 299 g/mol. The smallest absolute Gasteiger partial charge is 0.337 e. The van der Waals surface area contributed by atoms with Gasteiger partial charge in [-0.3, -0.25) is 9.59 Å². The molecule has 0 saturated carbocycles. The van der Waals surface area contributed by atoms with Gasteiger partial charge < -0.3 is 9.47 Å². The number of hydrogen-bond donors (Lipinski definition) is 0. The molecule has 0 radical (unpaired) electrons. The first-order valence-corrected chi connectivity index (χ1v) is 7.02. The molecule has 0 aliphatic carbocycles. The number of fused-ring (bicyclic) bond motifs is 5. The maximum atomic E-state index is 12.6. The van der Waals surface area contributed by atoms with E-state index < -0.39 is 17.8 Å².